The van der Waals surface area contributed by atoms with Crippen molar-refractivity contribution in [3.63, 3.8) is 0 Å². The van der Waals surface area contributed by atoms with E-state index in [2.05, 4.69) is 5.32 Å². The van der Waals surface area contributed by atoms with Crippen LogP contribution in [0.4, 0.5) is 15.8 Å². The summed E-state index contributed by atoms with van der Waals surface area (Å²) in [6.07, 6.45) is 1.22. The van der Waals surface area contributed by atoms with Gasteiger partial charge in [-0.3, -0.25) is 14.9 Å². The molecule has 2 aromatic carbocycles. The second-order valence-corrected chi connectivity index (χ2v) is 6.50. The molecule has 150 valence electrons. The Morgan fingerprint density at radius 2 is 1.97 bits per heavy atom. The number of nitro groups is 1. The van der Waals surface area contributed by atoms with Crippen molar-refractivity contribution in [3.05, 3.63) is 86.9 Å². The SMILES string of the molecule is Cc1cc(-c2ccc(/C=C(/C#N)C(=O)Nc3ccccc3F)o2)cc([N+](=O)[O-])c1C. The Bertz CT molecular complexity index is 1220. The molecule has 1 aromatic heterocycles. The summed E-state index contributed by atoms with van der Waals surface area (Å²) in [5, 5.41) is 22.9. The Balaban J connectivity index is 1.89. The van der Waals surface area contributed by atoms with E-state index in [-0.39, 0.29) is 22.7 Å². The van der Waals surface area contributed by atoms with Gasteiger partial charge in [0, 0.05) is 23.3 Å². The first-order valence-corrected chi connectivity index (χ1v) is 8.83. The number of carbonyl (C=O) groups excluding carboxylic acids is 1. The maximum atomic E-state index is 13.7. The molecule has 0 bridgehead atoms. The van der Waals surface area contributed by atoms with Crippen molar-refractivity contribution in [1.82, 2.24) is 0 Å². The summed E-state index contributed by atoms with van der Waals surface area (Å²) in [6.45, 7) is 3.43. The first-order valence-electron chi connectivity index (χ1n) is 8.83. The first kappa shape index (κ1) is 20.5. The van der Waals surface area contributed by atoms with Crippen LogP contribution in [0.3, 0.4) is 0 Å². The number of halogens is 1. The van der Waals surface area contributed by atoms with Crippen molar-refractivity contribution in [1.29, 1.82) is 5.26 Å². The van der Waals surface area contributed by atoms with Crippen molar-refractivity contribution in [2.75, 3.05) is 5.32 Å². The second-order valence-electron chi connectivity index (χ2n) is 6.50. The summed E-state index contributed by atoms with van der Waals surface area (Å²) in [4.78, 5) is 23.1. The molecule has 30 heavy (non-hydrogen) atoms. The molecular weight excluding hydrogens is 389 g/mol. The molecule has 0 radical (unpaired) electrons. The number of nitrogens with one attached hydrogen (secondary N) is 1. The van der Waals surface area contributed by atoms with Crippen LogP contribution in [0.25, 0.3) is 17.4 Å². The highest BCUT2D eigenvalue weighted by Crippen LogP contribution is 2.31. The Hall–Kier alpha value is -4.25. The van der Waals surface area contributed by atoms with E-state index >= 15 is 0 Å². The smallest absolute Gasteiger partial charge is 0.273 e. The van der Waals surface area contributed by atoms with Crippen LogP contribution in [-0.2, 0) is 4.79 Å². The zero-order chi connectivity index (χ0) is 21.8. The highest BCUT2D eigenvalue weighted by molar-refractivity contribution is 6.09. The van der Waals surface area contributed by atoms with E-state index in [9.17, 15) is 24.6 Å². The Morgan fingerprint density at radius 3 is 2.63 bits per heavy atom. The van der Waals surface area contributed by atoms with Gasteiger partial charge in [0.15, 0.2) is 0 Å². The van der Waals surface area contributed by atoms with Gasteiger partial charge in [0.1, 0.15) is 29.0 Å². The van der Waals surface area contributed by atoms with Crippen LogP contribution in [0, 0.1) is 41.1 Å². The average molecular weight is 405 g/mol. The monoisotopic (exact) mass is 405 g/mol. The third-order valence-electron chi connectivity index (χ3n) is 4.52. The van der Waals surface area contributed by atoms with Crippen LogP contribution in [-0.4, -0.2) is 10.8 Å². The standard InChI is InChI=1S/C22H16FN3O4/c1-13-9-15(11-20(14(13)2)26(28)29)21-8-7-17(30-21)10-16(12-24)22(27)25-19-6-4-3-5-18(19)23/h3-11H,1-2H3,(H,25,27)/b16-10-. The van der Waals surface area contributed by atoms with E-state index in [1.807, 2.05) is 0 Å². The van der Waals surface area contributed by atoms with Crippen LogP contribution in [0.2, 0.25) is 0 Å². The van der Waals surface area contributed by atoms with Gasteiger partial charge in [0.2, 0.25) is 0 Å². The fourth-order valence-corrected chi connectivity index (χ4v) is 2.80. The lowest BCUT2D eigenvalue weighted by molar-refractivity contribution is -0.385. The topological polar surface area (TPSA) is 109 Å². The van der Waals surface area contributed by atoms with E-state index in [1.54, 1.807) is 38.1 Å². The number of nitriles is 1. The Kier molecular flexibility index (Phi) is 5.74. The number of carbonyl (C=O) groups is 1. The van der Waals surface area contributed by atoms with Gasteiger partial charge in [-0.05, 0) is 49.7 Å². The molecular formula is C22H16FN3O4. The number of nitrogens with zero attached hydrogens (tertiary/aromatic N) is 2. The number of hydrogen-bond donors (Lipinski definition) is 1. The molecule has 0 unspecified atom stereocenters. The van der Waals surface area contributed by atoms with Gasteiger partial charge < -0.3 is 9.73 Å². The van der Waals surface area contributed by atoms with Gasteiger partial charge in [-0.1, -0.05) is 12.1 Å². The predicted molar refractivity (Wildman–Crippen MR) is 109 cm³/mol. The average Bonchev–Trinajstić information content (AvgIpc) is 3.18. The minimum Gasteiger partial charge on any atom is -0.457 e. The van der Waals surface area contributed by atoms with Crippen molar-refractivity contribution >= 4 is 23.4 Å². The second kappa shape index (κ2) is 8.41. The molecule has 0 atom stereocenters. The third-order valence-corrected chi connectivity index (χ3v) is 4.52. The van der Waals surface area contributed by atoms with E-state index in [1.165, 1.54) is 36.4 Å². The van der Waals surface area contributed by atoms with Gasteiger partial charge in [0.05, 0.1) is 10.6 Å². The van der Waals surface area contributed by atoms with E-state index in [0.717, 1.165) is 5.56 Å². The number of benzene rings is 2. The number of para-hydroxylation sites is 1. The van der Waals surface area contributed by atoms with Crippen molar-refractivity contribution in [2.45, 2.75) is 13.8 Å². The van der Waals surface area contributed by atoms with Crippen LogP contribution >= 0.6 is 0 Å². The fraction of sp³-hybridized carbons (Fsp3) is 0.0909. The van der Waals surface area contributed by atoms with Gasteiger partial charge in [0.25, 0.3) is 11.6 Å². The fourth-order valence-electron chi connectivity index (χ4n) is 2.80. The molecule has 7 nitrogen and oxygen atoms in total. The van der Waals surface area contributed by atoms with Gasteiger partial charge in [-0.25, -0.2) is 4.39 Å². The first-order chi connectivity index (χ1) is 14.3. The molecule has 0 fully saturated rings. The summed E-state index contributed by atoms with van der Waals surface area (Å²) in [7, 11) is 0. The van der Waals surface area contributed by atoms with Crippen molar-refractivity contribution < 1.29 is 18.5 Å². The van der Waals surface area contributed by atoms with E-state index < -0.39 is 16.6 Å². The molecule has 1 N–H and O–H groups in total. The lowest BCUT2D eigenvalue weighted by atomic mass is 10.0. The van der Waals surface area contributed by atoms with Crippen LogP contribution in [0.15, 0.2) is 58.5 Å². The molecule has 0 saturated heterocycles. The number of hydrogen-bond acceptors (Lipinski definition) is 5. The highest BCUT2D eigenvalue weighted by atomic mass is 19.1. The quantitative estimate of drug-likeness (QED) is 0.273. The molecule has 0 aliphatic heterocycles. The van der Waals surface area contributed by atoms with Crippen LogP contribution < -0.4 is 5.32 Å². The van der Waals surface area contributed by atoms with Crippen molar-refractivity contribution in [2.24, 2.45) is 0 Å². The van der Waals surface area contributed by atoms with Gasteiger partial charge in [-0.2, -0.15) is 5.26 Å². The summed E-state index contributed by atoms with van der Waals surface area (Å²) in [6, 6.07) is 13.6. The molecule has 0 aliphatic carbocycles. The normalized spacial score (nSPS) is 11.1. The van der Waals surface area contributed by atoms with E-state index in [4.69, 9.17) is 4.42 Å². The summed E-state index contributed by atoms with van der Waals surface area (Å²) in [5.74, 6) is -0.868. The molecule has 8 heteroatoms. The largest absolute Gasteiger partial charge is 0.457 e. The predicted octanol–water partition coefficient (Wildman–Crippen LogP) is 5.16. The van der Waals surface area contributed by atoms with E-state index in [0.29, 0.717) is 16.9 Å². The zero-order valence-electron chi connectivity index (χ0n) is 16.1. The van der Waals surface area contributed by atoms with Crippen LogP contribution in [0.5, 0.6) is 0 Å². The van der Waals surface area contributed by atoms with Gasteiger partial charge >= 0.3 is 0 Å². The molecule has 0 saturated carbocycles. The Morgan fingerprint density at radius 1 is 1.23 bits per heavy atom. The van der Waals surface area contributed by atoms with Crippen LogP contribution in [0.1, 0.15) is 16.9 Å². The molecule has 3 rings (SSSR count). The molecule has 3 aromatic rings. The highest BCUT2D eigenvalue weighted by Gasteiger charge is 2.17. The lowest BCUT2D eigenvalue weighted by Crippen LogP contribution is -2.14. The lowest BCUT2D eigenvalue weighted by Gasteiger charge is -2.05. The van der Waals surface area contributed by atoms with Crippen molar-refractivity contribution in [3.8, 4) is 17.4 Å². The summed E-state index contributed by atoms with van der Waals surface area (Å²) in [5.41, 5.74) is 1.43. The maximum Gasteiger partial charge on any atom is 0.273 e. The number of aryl methyl sites for hydroxylation is 1. The number of rotatable bonds is 5. The number of amides is 1. The minimum absolute atomic E-state index is 0.0273. The molecule has 0 spiro atoms. The Labute approximate surface area is 171 Å². The zero-order valence-corrected chi connectivity index (χ0v) is 16.1. The third kappa shape index (κ3) is 4.25. The maximum absolute atomic E-state index is 13.7. The number of nitro benzene ring substituents is 1. The summed E-state index contributed by atoms with van der Waals surface area (Å²) < 4.78 is 19.4. The number of furan rings is 1. The molecule has 1 amide bonds. The number of anilines is 1. The minimum atomic E-state index is -0.789. The summed E-state index contributed by atoms with van der Waals surface area (Å²) >= 11 is 0. The molecule has 0 aliphatic rings. The molecule has 1 heterocycles. The van der Waals surface area contributed by atoms with Gasteiger partial charge in [-0.15, -0.1) is 0 Å².